The highest BCUT2D eigenvalue weighted by Gasteiger charge is 1.98. The molecular formula is C43H100N2O9. The van der Waals surface area contributed by atoms with Crippen molar-refractivity contribution in [3.8, 4) is 0 Å². The zero-order valence-corrected chi connectivity index (χ0v) is 38.4. The molecule has 0 aliphatic carbocycles. The molecule has 11 nitrogen and oxygen atoms in total. The largest absolute Gasteiger partial charge is 0.481 e. The van der Waals surface area contributed by atoms with Crippen molar-refractivity contribution in [1.29, 1.82) is 0 Å². The van der Waals surface area contributed by atoms with Crippen LogP contribution in [0.3, 0.4) is 0 Å². The van der Waals surface area contributed by atoms with E-state index in [0.29, 0.717) is 70.6 Å². The minimum Gasteiger partial charge on any atom is -0.481 e. The lowest BCUT2D eigenvalue weighted by atomic mass is 10.1. The first-order chi connectivity index (χ1) is 25.2. The predicted molar refractivity (Wildman–Crippen MR) is 232 cm³/mol. The molecule has 0 aromatic heterocycles. The summed E-state index contributed by atoms with van der Waals surface area (Å²) < 4.78 is 15.6. The Morgan fingerprint density at radius 3 is 1.09 bits per heavy atom. The van der Waals surface area contributed by atoms with Gasteiger partial charge in [-0.2, -0.15) is 0 Å². The fraction of sp³-hybridized carbons (Fsp3) is 0.977. The maximum atomic E-state index is 9.81. The lowest BCUT2D eigenvalue weighted by Crippen LogP contribution is -2.12. The monoisotopic (exact) mass is 789 g/mol. The molecule has 336 valence electrons. The number of carboxylic acid groups (broad SMARTS) is 1. The highest BCUT2D eigenvalue weighted by atomic mass is 16.5. The number of aliphatic hydroxyl groups is 4. The van der Waals surface area contributed by atoms with Crippen molar-refractivity contribution in [1.82, 2.24) is 0 Å². The van der Waals surface area contributed by atoms with Crippen LogP contribution >= 0.6 is 0 Å². The van der Waals surface area contributed by atoms with Crippen molar-refractivity contribution in [2.45, 2.75) is 155 Å². The van der Waals surface area contributed by atoms with Gasteiger partial charge in [0, 0.05) is 32.8 Å². The molecule has 0 saturated heterocycles. The van der Waals surface area contributed by atoms with Crippen molar-refractivity contribution in [2.75, 3.05) is 79.2 Å². The van der Waals surface area contributed by atoms with Crippen molar-refractivity contribution in [3.05, 3.63) is 0 Å². The number of carboxylic acids is 1. The molecule has 0 aliphatic rings. The smallest absolute Gasteiger partial charge is 0.303 e. The Hall–Kier alpha value is -0.890. The molecule has 0 aromatic carbocycles. The summed E-state index contributed by atoms with van der Waals surface area (Å²) in [6.45, 7) is 35.6. The van der Waals surface area contributed by atoms with Crippen LogP contribution in [0.25, 0.3) is 0 Å². The van der Waals surface area contributed by atoms with Gasteiger partial charge in [-0.25, -0.2) is 0 Å². The van der Waals surface area contributed by atoms with Crippen LogP contribution in [0.5, 0.6) is 0 Å². The summed E-state index contributed by atoms with van der Waals surface area (Å²) in [5, 5.41) is 41.2. The van der Waals surface area contributed by atoms with Gasteiger partial charge in [0.25, 0.3) is 0 Å². The minimum atomic E-state index is -0.713. The number of unbranched alkanes of at least 4 members (excludes halogenated alkanes) is 2. The first-order valence-corrected chi connectivity index (χ1v) is 21.0. The van der Waals surface area contributed by atoms with Crippen molar-refractivity contribution in [2.24, 2.45) is 52.9 Å². The van der Waals surface area contributed by atoms with E-state index in [2.05, 4.69) is 69.2 Å². The summed E-state index contributed by atoms with van der Waals surface area (Å²) in [6.07, 6.45) is 9.70. The molecule has 0 saturated carbocycles. The molecule has 11 heteroatoms. The van der Waals surface area contributed by atoms with Crippen molar-refractivity contribution >= 4 is 5.97 Å². The third kappa shape index (κ3) is 124. The van der Waals surface area contributed by atoms with Gasteiger partial charge in [0.1, 0.15) is 0 Å². The van der Waals surface area contributed by atoms with Crippen LogP contribution in [-0.2, 0) is 19.0 Å². The highest BCUT2D eigenvalue weighted by molar-refractivity contribution is 5.66. The summed E-state index contributed by atoms with van der Waals surface area (Å²) >= 11 is 0. The average molecular weight is 789 g/mol. The van der Waals surface area contributed by atoms with Gasteiger partial charge in [-0.05, 0) is 86.6 Å². The number of carbonyl (C=O) groups is 1. The van der Waals surface area contributed by atoms with E-state index in [1.807, 2.05) is 27.7 Å². The third-order valence-electron chi connectivity index (χ3n) is 6.25. The van der Waals surface area contributed by atoms with Crippen LogP contribution in [0.1, 0.15) is 155 Å². The Morgan fingerprint density at radius 1 is 0.444 bits per heavy atom. The van der Waals surface area contributed by atoms with Gasteiger partial charge in [-0.1, -0.05) is 116 Å². The summed E-state index contributed by atoms with van der Waals surface area (Å²) in [7, 11) is 0. The van der Waals surface area contributed by atoms with E-state index < -0.39 is 5.97 Å². The Labute approximate surface area is 336 Å². The van der Waals surface area contributed by atoms with Crippen LogP contribution in [0, 0.1) is 41.4 Å². The number of rotatable bonds is 25. The molecule has 0 rings (SSSR count). The molecule has 0 amide bonds. The fourth-order valence-corrected chi connectivity index (χ4v) is 3.14. The standard InChI is InChI=1S/C10H22O4.C8H19N.C6H14O.C5H13N.C5H10O2.C5H12O.C4H10O/c1-10(2)9-14-8-7-13-6-5-12-4-3-11;1-8(2)6-4-3-5-7-9;1-6(2)4-3-5-7;1-5(2)3-4-6;1-4(2)3-5(6)7;1-5(2)3-4-6;1-4(2)3-5/h10-11H,3-9H2,1-2H3;8H,3-7,9H2,1-2H3;6-7H,3-5H2,1-2H3;5H,3-4,6H2,1-2H3;4H,3H2,1-2H3,(H,6,7);5-6H,3-4H2,1-2H3;4-5H,3H2,1-2H3. The Bertz CT molecular complexity index is 597. The van der Waals surface area contributed by atoms with Crippen LogP contribution in [0.2, 0.25) is 0 Å². The van der Waals surface area contributed by atoms with Crippen LogP contribution < -0.4 is 11.5 Å². The number of aliphatic carboxylic acids is 1. The number of ether oxygens (including phenoxy) is 3. The molecule has 54 heavy (non-hydrogen) atoms. The van der Waals surface area contributed by atoms with Gasteiger partial charge < -0.3 is 51.2 Å². The first-order valence-electron chi connectivity index (χ1n) is 21.0. The van der Waals surface area contributed by atoms with E-state index in [-0.39, 0.29) is 18.9 Å². The van der Waals surface area contributed by atoms with E-state index in [9.17, 15) is 4.79 Å². The summed E-state index contributed by atoms with van der Waals surface area (Å²) in [5.41, 5.74) is 10.6. The summed E-state index contributed by atoms with van der Waals surface area (Å²) in [4.78, 5) is 9.81. The molecule has 0 aromatic rings. The van der Waals surface area contributed by atoms with Gasteiger partial charge in [-0.3, -0.25) is 4.79 Å². The second-order valence-corrected chi connectivity index (χ2v) is 16.2. The van der Waals surface area contributed by atoms with Gasteiger partial charge in [-0.15, -0.1) is 0 Å². The van der Waals surface area contributed by atoms with E-state index in [0.717, 1.165) is 63.1 Å². The zero-order valence-electron chi connectivity index (χ0n) is 38.4. The number of hydrogen-bond acceptors (Lipinski definition) is 10. The van der Waals surface area contributed by atoms with Crippen molar-refractivity contribution in [3.63, 3.8) is 0 Å². The average Bonchev–Trinajstić information content (AvgIpc) is 3.06. The normalized spacial score (nSPS) is 10.4. The number of hydrogen-bond donors (Lipinski definition) is 7. The van der Waals surface area contributed by atoms with Gasteiger partial charge in [0.2, 0.25) is 0 Å². The topological polar surface area (TPSA) is 198 Å². The van der Waals surface area contributed by atoms with Gasteiger partial charge in [0.15, 0.2) is 0 Å². The minimum absolute atomic E-state index is 0.0670. The van der Waals surface area contributed by atoms with Gasteiger partial charge in [0.05, 0.1) is 39.6 Å². The molecule has 9 N–H and O–H groups in total. The molecule has 0 bridgehead atoms. The van der Waals surface area contributed by atoms with E-state index >= 15 is 0 Å². The Kier molecular flexibility index (Phi) is 77.0. The maximum Gasteiger partial charge on any atom is 0.303 e. The van der Waals surface area contributed by atoms with Crippen LogP contribution in [-0.4, -0.2) is 111 Å². The van der Waals surface area contributed by atoms with Crippen molar-refractivity contribution < 1.29 is 44.5 Å². The van der Waals surface area contributed by atoms with E-state index in [1.165, 1.54) is 25.7 Å². The number of aliphatic hydroxyl groups excluding tert-OH is 4. The Balaban J connectivity index is -0.0000000985. The van der Waals surface area contributed by atoms with E-state index in [4.69, 9.17) is 51.2 Å². The maximum absolute atomic E-state index is 9.81. The molecule has 0 aliphatic heterocycles. The lowest BCUT2D eigenvalue weighted by molar-refractivity contribution is -0.137. The molecular weight excluding hydrogens is 688 g/mol. The second-order valence-electron chi connectivity index (χ2n) is 16.2. The predicted octanol–water partition coefficient (Wildman–Crippen LogP) is 8.03. The lowest BCUT2D eigenvalue weighted by Gasteiger charge is -2.07. The molecule has 0 spiro atoms. The van der Waals surface area contributed by atoms with Crippen LogP contribution in [0.15, 0.2) is 0 Å². The second kappa shape index (κ2) is 61.3. The first kappa shape index (κ1) is 67.8. The summed E-state index contributed by atoms with van der Waals surface area (Å²) in [6, 6.07) is 0. The van der Waals surface area contributed by atoms with Crippen LogP contribution in [0.4, 0.5) is 0 Å². The summed E-state index contributed by atoms with van der Waals surface area (Å²) in [5.74, 6) is 3.60. The molecule has 0 fully saturated rings. The molecule has 0 radical (unpaired) electrons. The third-order valence-corrected chi connectivity index (χ3v) is 6.25. The van der Waals surface area contributed by atoms with Gasteiger partial charge >= 0.3 is 5.97 Å². The molecule has 0 heterocycles. The molecule has 0 atom stereocenters. The van der Waals surface area contributed by atoms with E-state index in [1.54, 1.807) is 0 Å². The SMILES string of the molecule is CC(C)CC(=O)O.CC(C)CCCCCN.CC(C)CCCO.CC(C)CCN.CC(C)CCO.CC(C)CO.CC(C)COCCOCCOCCO. The fourth-order valence-electron chi connectivity index (χ4n) is 3.14. The number of nitrogens with two attached hydrogens (primary N) is 2. The Morgan fingerprint density at radius 2 is 0.870 bits per heavy atom. The highest BCUT2D eigenvalue weighted by Crippen LogP contribution is 2.07. The molecule has 0 unspecified atom stereocenters. The quantitative estimate of drug-likeness (QED) is 0.0442. The zero-order chi connectivity index (χ0) is 43.6.